The molecule has 3 atom stereocenters. The first-order valence-electron chi connectivity index (χ1n) is 9.78. The molecule has 0 bridgehead atoms. The molecule has 158 valence electrons. The Morgan fingerprint density at radius 1 is 1.39 bits per heavy atom. The van der Waals surface area contributed by atoms with Gasteiger partial charge in [-0.1, -0.05) is 6.58 Å². The van der Waals surface area contributed by atoms with Gasteiger partial charge in [0.05, 0.1) is 0 Å². The number of ether oxygens (including phenoxy) is 1. The van der Waals surface area contributed by atoms with Crippen LogP contribution in [0.15, 0.2) is 12.2 Å². The van der Waals surface area contributed by atoms with Crippen molar-refractivity contribution in [2.75, 3.05) is 46.4 Å². The summed E-state index contributed by atoms with van der Waals surface area (Å²) < 4.78 is 5.75. The summed E-state index contributed by atoms with van der Waals surface area (Å²) in [6, 6.07) is -0.823. The number of hydrogen-bond donors (Lipinski definition) is 3. The number of nitrogens with one attached hydrogen (secondary N) is 2. The number of piperidine rings is 1. The maximum Gasteiger partial charge on any atom is 0.250 e. The Kier molecular flexibility index (Phi) is 7.70. The number of imide groups is 1. The van der Waals surface area contributed by atoms with E-state index < -0.39 is 23.5 Å². The average molecular weight is 396 g/mol. The fourth-order valence-corrected chi connectivity index (χ4v) is 3.75. The first-order chi connectivity index (χ1) is 13.2. The summed E-state index contributed by atoms with van der Waals surface area (Å²) in [6.07, 6.45) is 0.486. The Hall–Kier alpha value is -1.81. The van der Waals surface area contributed by atoms with Gasteiger partial charge in [0.2, 0.25) is 17.7 Å². The molecule has 0 radical (unpaired) electrons. The summed E-state index contributed by atoms with van der Waals surface area (Å²) in [5.41, 5.74) is 4.98. The zero-order valence-corrected chi connectivity index (χ0v) is 17.1. The van der Waals surface area contributed by atoms with Gasteiger partial charge < -0.3 is 15.8 Å². The van der Waals surface area contributed by atoms with Gasteiger partial charge in [0.1, 0.15) is 11.6 Å². The van der Waals surface area contributed by atoms with Crippen molar-refractivity contribution in [2.45, 2.75) is 44.4 Å². The van der Waals surface area contributed by atoms with Gasteiger partial charge in [-0.25, -0.2) is 0 Å². The summed E-state index contributed by atoms with van der Waals surface area (Å²) in [7, 11) is 1.56. The highest BCUT2D eigenvalue weighted by atomic mass is 16.5. The molecule has 2 aliphatic rings. The van der Waals surface area contributed by atoms with Crippen LogP contribution in [0.25, 0.3) is 0 Å². The summed E-state index contributed by atoms with van der Waals surface area (Å²) in [4.78, 5) is 40.6. The number of nitrogens with two attached hydrogens (primary N) is 1. The van der Waals surface area contributed by atoms with Gasteiger partial charge >= 0.3 is 0 Å². The number of carbonyl (C=O) groups excluding carboxylic acids is 3. The predicted octanol–water partition coefficient (Wildman–Crippen LogP) is -1.17. The van der Waals surface area contributed by atoms with Gasteiger partial charge in [0, 0.05) is 64.4 Å². The largest absolute Gasteiger partial charge is 0.372 e. The molecular formula is C19H33N5O4. The van der Waals surface area contributed by atoms with Gasteiger partial charge in [0.25, 0.3) is 0 Å². The summed E-state index contributed by atoms with van der Waals surface area (Å²) in [6.45, 7) is 12.9. The third kappa shape index (κ3) is 4.96. The summed E-state index contributed by atoms with van der Waals surface area (Å²) >= 11 is 0. The third-order valence-corrected chi connectivity index (χ3v) is 6.04. The number of carbonyl (C=O) groups is 3. The molecule has 4 N–H and O–H groups in total. The van der Waals surface area contributed by atoms with E-state index in [0.717, 1.165) is 32.7 Å². The monoisotopic (exact) mass is 395 g/mol. The maximum atomic E-state index is 12.8. The van der Waals surface area contributed by atoms with Crippen LogP contribution >= 0.6 is 0 Å². The molecule has 2 heterocycles. The van der Waals surface area contributed by atoms with E-state index in [-0.39, 0.29) is 30.4 Å². The Bertz CT molecular complexity index is 617. The minimum Gasteiger partial charge on any atom is -0.372 e. The lowest BCUT2D eigenvalue weighted by Crippen LogP contribution is -2.60. The molecule has 2 saturated heterocycles. The standard InChI is InChI=1S/C19H33N5O4/c1-13(17(26)21-15-5-6-16(25)22-18(15)27)19(3,28-4)14(2)24-11-9-23(8-7-20)10-12-24/h14-15H,1,5-12,20H2,2-4H3,(H,21,26)(H,22,25,27)/t14-,15?,19?/m0/s1. The second kappa shape index (κ2) is 9.60. The molecule has 0 saturated carbocycles. The molecule has 0 aromatic carbocycles. The summed E-state index contributed by atoms with van der Waals surface area (Å²) in [5.74, 6) is -1.24. The number of nitrogens with zero attached hydrogens (tertiary/aromatic N) is 2. The number of rotatable bonds is 8. The molecule has 2 rings (SSSR count). The number of piperazine rings is 1. The van der Waals surface area contributed by atoms with Crippen LogP contribution in [-0.4, -0.2) is 91.6 Å². The van der Waals surface area contributed by atoms with Crippen molar-refractivity contribution in [3.05, 3.63) is 12.2 Å². The lowest BCUT2D eigenvalue weighted by atomic mass is 9.87. The minimum absolute atomic E-state index is 0.0856. The van der Waals surface area contributed by atoms with E-state index in [9.17, 15) is 14.4 Å². The highest BCUT2D eigenvalue weighted by Crippen LogP contribution is 2.28. The van der Waals surface area contributed by atoms with E-state index in [1.165, 1.54) is 0 Å². The fraction of sp³-hybridized carbons (Fsp3) is 0.737. The number of hydrogen-bond acceptors (Lipinski definition) is 7. The SMILES string of the molecule is C=C(C(=O)NC1CCC(=O)NC1=O)C(C)(OC)[C@H](C)N1CCN(CCN)CC1. The topological polar surface area (TPSA) is 117 Å². The van der Waals surface area contributed by atoms with Crippen LogP contribution in [0.1, 0.15) is 26.7 Å². The molecule has 0 aromatic rings. The van der Waals surface area contributed by atoms with Crippen LogP contribution in [-0.2, 0) is 19.1 Å². The molecular weight excluding hydrogens is 362 g/mol. The van der Waals surface area contributed by atoms with E-state index >= 15 is 0 Å². The van der Waals surface area contributed by atoms with E-state index in [2.05, 4.69) is 27.0 Å². The molecule has 28 heavy (non-hydrogen) atoms. The highest BCUT2D eigenvalue weighted by molar-refractivity contribution is 6.03. The molecule has 9 heteroatoms. The molecule has 2 fully saturated rings. The van der Waals surface area contributed by atoms with Gasteiger partial charge in [-0.2, -0.15) is 0 Å². The van der Waals surface area contributed by atoms with Crippen LogP contribution in [0, 0.1) is 0 Å². The van der Waals surface area contributed by atoms with Crippen molar-refractivity contribution in [1.29, 1.82) is 0 Å². The Morgan fingerprint density at radius 2 is 2.04 bits per heavy atom. The zero-order chi connectivity index (χ0) is 20.9. The highest BCUT2D eigenvalue weighted by Gasteiger charge is 2.42. The van der Waals surface area contributed by atoms with Crippen molar-refractivity contribution in [3.8, 4) is 0 Å². The molecule has 3 amide bonds. The normalized spacial score (nSPS) is 24.9. The molecule has 0 spiro atoms. The van der Waals surface area contributed by atoms with Crippen LogP contribution < -0.4 is 16.4 Å². The third-order valence-electron chi connectivity index (χ3n) is 6.04. The van der Waals surface area contributed by atoms with Crippen LogP contribution in [0.2, 0.25) is 0 Å². The lowest BCUT2D eigenvalue weighted by molar-refractivity contribution is -0.137. The smallest absolute Gasteiger partial charge is 0.250 e. The van der Waals surface area contributed by atoms with Gasteiger partial charge in [-0.15, -0.1) is 0 Å². The minimum atomic E-state index is -0.916. The van der Waals surface area contributed by atoms with E-state index in [1.807, 2.05) is 13.8 Å². The molecule has 0 aliphatic carbocycles. The van der Waals surface area contributed by atoms with Crippen molar-refractivity contribution in [1.82, 2.24) is 20.4 Å². The van der Waals surface area contributed by atoms with Crippen molar-refractivity contribution < 1.29 is 19.1 Å². The summed E-state index contributed by atoms with van der Waals surface area (Å²) in [5, 5.41) is 4.93. The Labute approximate surface area is 166 Å². The van der Waals surface area contributed by atoms with Gasteiger partial charge in [-0.3, -0.25) is 29.5 Å². The molecule has 2 unspecified atom stereocenters. The predicted molar refractivity (Wildman–Crippen MR) is 105 cm³/mol. The molecule has 2 aliphatic heterocycles. The lowest BCUT2D eigenvalue weighted by Gasteiger charge is -2.45. The van der Waals surface area contributed by atoms with E-state index in [1.54, 1.807) is 7.11 Å². The van der Waals surface area contributed by atoms with Crippen LogP contribution in [0.3, 0.4) is 0 Å². The van der Waals surface area contributed by atoms with Gasteiger partial charge in [0.15, 0.2) is 0 Å². The zero-order valence-electron chi connectivity index (χ0n) is 17.1. The van der Waals surface area contributed by atoms with Crippen LogP contribution in [0.4, 0.5) is 0 Å². The quantitative estimate of drug-likeness (QED) is 0.350. The first-order valence-corrected chi connectivity index (χ1v) is 9.78. The fourth-order valence-electron chi connectivity index (χ4n) is 3.75. The number of methoxy groups -OCH3 is 1. The van der Waals surface area contributed by atoms with Crippen molar-refractivity contribution in [2.24, 2.45) is 5.73 Å². The van der Waals surface area contributed by atoms with Crippen molar-refractivity contribution >= 4 is 17.7 Å². The second-order valence-electron chi connectivity index (χ2n) is 7.61. The molecule has 9 nitrogen and oxygen atoms in total. The van der Waals surface area contributed by atoms with Crippen molar-refractivity contribution in [3.63, 3.8) is 0 Å². The Balaban J connectivity index is 2.00. The van der Waals surface area contributed by atoms with E-state index in [4.69, 9.17) is 10.5 Å². The maximum absolute atomic E-state index is 12.8. The molecule has 0 aromatic heterocycles. The Morgan fingerprint density at radius 3 is 2.57 bits per heavy atom. The average Bonchev–Trinajstić information content (AvgIpc) is 2.69. The van der Waals surface area contributed by atoms with Crippen LogP contribution in [0.5, 0.6) is 0 Å². The van der Waals surface area contributed by atoms with Gasteiger partial charge in [-0.05, 0) is 20.3 Å². The number of amides is 3. The first kappa shape index (κ1) is 22.5. The second-order valence-corrected chi connectivity index (χ2v) is 7.61. The van der Waals surface area contributed by atoms with E-state index in [0.29, 0.717) is 6.54 Å².